The van der Waals surface area contributed by atoms with Crippen molar-refractivity contribution >= 4 is 46.0 Å². The van der Waals surface area contributed by atoms with Gasteiger partial charge < -0.3 is 11.1 Å². The number of nitrogen functional groups attached to an aromatic ring is 1. The Morgan fingerprint density at radius 3 is 2.25 bits per heavy atom. The second-order valence-corrected chi connectivity index (χ2v) is 5.94. The fourth-order valence-corrected chi connectivity index (χ4v) is 2.65. The zero-order valence-corrected chi connectivity index (χ0v) is 13.5. The minimum atomic E-state index is -4.58. The number of nitrogens with zero attached hydrogens (tertiary/aromatic N) is 1. The van der Waals surface area contributed by atoms with Crippen molar-refractivity contribution in [3.05, 3.63) is 63.8 Å². The molecule has 0 aromatic heterocycles. The second-order valence-electron chi connectivity index (χ2n) is 5.06. The van der Waals surface area contributed by atoms with E-state index in [4.69, 9.17) is 28.9 Å². The van der Waals surface area contributed by atoms with Gasteiger partial charge in [0.25, 0.3) is 0 Å². The van der Waals surface area contributed by atoms with E-state index >= 15 is 0 Å². The normalized spacial score (nSPS) is 14.2. The van der Waals surface area contributed by atoms with Gasteiger partial charge in [0.1, 0.15) is 5.84 Å². The van der Waals surface area contributed by atoms with Crippen LogP contribution in [0.1, 0.15) is 11.1 Å². The number of nitrogens with two attached hydrogens (primary N) is 1. The van der Waals surface area contributed by atoms with Crippen LogP contribution in [-0.2, 0) is 0 Å². The first-order valence-corrected chi connectivity index (χ1v) is 7.49. The number of anilines is 2. The fraction of sp³-hybridized carbons (Fsp3) is 0.0625. The highest BCUT2D eigenvalue weighted by Gasteiger charge is 2.37. The van der Waals surface area contributed by atoms with Crippen LogP contribution in [0.3, 0.4) is 0 Å². The van der Waals surface area contributed by atoms with Crippen molar-refractivity contribution in [1.29, 1.82) is 0 Å². The zero-order chi connectivity index (χ0) is 17.5. The lowest BCUT2D eigenvalue weighted by Crippen LogP contribution is -2.16. The van der Waals surface area contributed by atoms with E-state index in [0.717, 1.165) is 6.20 Å². The number of nitrogens with one attached hydrogen (secondary N) is 1. The Labute approximate surface area is 145 Å². The van der Waals surface area contributed by atoms with Crippen molar-refractivity contribution in [2.75, 3.05) is 11.1 Å². The molecule has 3 nitrogen and oxygen atoms in total. The molecular weight excluding hydrogens is 362 g/mol. The molecule has 1 aliphatic heterocycles. The molecule has 0 aliphatic carbocycles. The van der Waals surface area contributed by atoms with Gasteiger partial charge in [0.2, 0.25) is 0 Å². The number of fused-ring (bicyclic) bond motifs is 1. The summed E-state index contributed by atoms with van der Waals surface area (Å²) in [5.41, 5.74) is 5.87. The largest absolute Gasteiger partial charge is 0.418 e. The molecule has 0 unspecified atom stereocenters. The van der Waals surface area contributed by atoms with Crippen LogP contribution in [0.5, 0.6) is 0 Å². The SMILES string of the molecule is Nc1ccc(Cl)cc1C1=NC=C(C(F)(F)F)c2cc(Cl)ccc2N1. The predicted molar refractivity (Wildman–Crippen MR) is 91.5 cm³/mol. The maximum Gasteiger partial charge on any atom is 0.418 e. The van der Waals surface area contributed by atoms with Gasteiger partial charge in [-0.05, 0) is 36.4 Å². The van der Waals surface area contributed by atoms with Crippen LogP contribution in [0.25, 0.3) is 5.57 Å². The van der Waals surface area contributed by atoms with Gasteiger partial charge in [0.05, 0.1) is 5.57 Å². The third-order valence-corrected chi connectivity index (χ3v) is 3.89. The molecule has 0 spiro atoms. The van der Waals surface area contributed by atoms with Gasteiger partial charge in [-0.2, -0.15) is 13.2 Å². The molecule has 1 heterocycles. The van der Waals surface area contributed by atoms with Gasteiger partial charge in [-0.3, -0.25) is 0 Å². The highest BCUT2D eigenvalue weighted by molar-refractivity contribution is 6.32. The molecule has 2 aromatic carbocycles. The van der Waals surface area contributed by atoms with Crippen molar-refractivity contribution in [2.45, 2.75) is 6.18 Å². The lowest BCUT2D eigenvalue weighted by atomic mass is 10.0. The maximum atomic E-state index is 13.4. The number of hydrogen-bond donors (Lipinski definition) is 2. The molecule has 24 heavy (non-hydrogen) atoms. The summed E-state index contributed by atoms with van der Waals surface area (Å²) in [7, 11) is 0. The minimum Gasteiger partial charge on any atom is -0.398 e. The average molecular weight is 372 g/mol. The van der Waals surface area contributed by atoms with Crippen LogP contribution < -0.4 is 11.1 Å². The van der Waals surface area contributed by atoms with E-state index in [0.29, 0.717) is 16.3 Å². The topological polar surface area (TPSA) is 50.4 Å². The van der Waals surface area contributed by atoms with Crippen LogP contribution in [0.4, 0.5) is 24.5 Å². The molecule has 124 valence electrons. The van der Waals surface area contributed by atoms with E-state index in [2.05, 4.69) is 10.3 Å². The van der Waals surface area contributed by atoms with Crippen molar-refractivity contribution in [3.63, 3.8) is 0 Å². The quantitative estimate of drug-likeness (QED) is 0.663. The average Bonchev–Trinajstić information content (AvgIpc) is 2.68. The summed E-state index contributed by atoms with van der Waals surface area (Å²) in [4.78, 5) is 3.93. The lowest BCUT2D eigenvalue weighted by molar-refractivity contribution is -0.0689. The molecule has 8 heteroatoms. The summed E-state index contributed by atoms with van der Waals surface area (Å²) in [6.45, 7) is 0. The summed E-state index contributed by atoms with van der Waals surface area (Å²) in [6.07, 6.45) is -3.83. The lowest BCUT2D eigenvalue weighted by Gasteiger charge is -2.15. The fourth-order valence-electron chi connectivity index (χ4n) is 2.30. The highest BCUT2D eigenvalue weighted by atomic mass is 35.5. The van der Waals surface area contributed by atoms with Gasteiger partial charge in [-0.1, -0.05) is 23.2 Å². The van der Waals surface area contributed by atoms with Gasteiger partial charge in [0, 0.05) is 38.7 Å². The Kier molecular flexibility index (Phi) is 4.19. The van der Waals surface area contributed by atoms with E-state index in [1.165, 1.54) is 24.3 Å². The second kappa shape index (κ2) is 6.03. The van der Waals surface area contributed by atoms with Crippen LogP contribution in [-0.4, -0.2) is 12.0 Å². The van der Waals surface area contributed by atoms with E-state index in [1.807, 2.05) is 0 Å². The molecule has 0 atom stereocenters. The molecular formula is C16H10Cl2F3N3. The number of alkyl halides is 3. The Hall–Kier alpha value is -2.18. The molecule has 0 amide bonds. The van der Waals surface area contributed by atoms with Crippen LogP contribution in [0, 0.1) is 0 Å². The number of hydrogen-bond acceptors (Lipinski definition) is 3. The maximum absolute atomic E-state index is 13.4. The first-order valence-electron chi connectivity index (χ1n) is 6.73. The summed E-state index contributed by atoms with van der Waals surface area (Å²) in [5, 5.41) is 3.46. The van der Waals surface area contributed by atoms with E-state index in [1.54, 1.807) is 12.1 Å². The summed E-state index contributed by atoms with van der Waals surface area (Å²) >= 11 is 11.8. The van der Waals surface area contributed by atoms with Gasteiger partial charge >= 0.3 is 6.18 Å². The van der Waals surface area contributed by atoms with Crippen molar-refractivity contribution in [1.82, 2.24) is 0 Å². The third kappa shape index (κ3) is 3.20. The molecule has 1 aliphatic rings. The number of amidine groups is 1. The third-order valence-electron chi connectivity index (χ3n) is 3.42. The van der Waals surface area contributed by atoms with E-state index < -0.39 is 11.7 Å². The Morgan fingerprint density at radius 1 is 0.958 bits per heavy atom. The number of aliphatic imine (C=N–C) groups is 1. The van der Waals surface area contributed by atoms with E-state index in [9.17, 15) is 13.2 Å². The first-order chi connectivity index (χ1) is 11.3. The molecule has 3 N–H and O–H groups in total. The summed E-state index contributed by atoms with van der Waals surface area (Å²) < 4.78 is 40.1. The smallest absolute Gasteiger partial charge is 0.398 e. The monoisotopic (exact) mass is 371 g/mol. The Bertz CT molecular complexity index is 873. The Morgan fingerprint density at radius 2 is 1.58 bits per heavy atom. The van der Waals surface area contributed by atoms with Crippen molar-refractivity contribution in [3.8, 4) is 0 Å². The minimum absolute atomic E-state index is 0.0886. The van der Waals surface area contributed by atoms with Gasteiger partial charge in [-0.15, -0.1) is 0 Å². The van der Waals surface area contributed by atoms with Crippen LogP contribution in [0.2, 0.25) is 10.0 Å². The molecule has 2 aromatic rings. The summed E-state index contributed by atoms with van der Waals surface area (Å²) in [6, 6.07) is 8.87. The van der Waals surface area contributed by atoms with Crippen molar-refractivity contribution < 1.29 is 13.2 Å². The van der Waals surface area contributed by atoms with E-state index in [-0.39, 0.29) is 22.1 Å². The van der Waals surface area contributed by atoms with Gasteiger partial charge in [0.15, 0.2) is 0 Å². The standard InChI is InChI=1S/C16H10Cl2F3N3/c17-8-1-3-13(22)11(6-8)15-23-7-12(16(19,20)21)10-5-9(18)2-4-14(10)24-15/h1-7H,22H2,(H,23,24). The molecule has 0 fully saturated rings. The highest BCUT2D eigenvalue weighted by Crippen LogP contribution is 2.40. The van der Waals surface area contributed by atoms with Crippen LogP contribution in [0.15, 0.2) is 47.6 Å². The molecule has 3 rings (SSSR count). The Balaban J connectivity index is 2.19. The van der Waals surface area contributed by atoms with Crippen LogP contribution >= 0.6 is 23.2 Å². The summed E-state index contributed by atoms with van der Waals surface area (Å²) in [5.74, 6) is 0.165. The zero-order valence-electron chi connectivity index (χ0n) is 12.0. The molecule has 0 bridgehead atoms. The molecule has 0 saturated heterocycles. The molecule has 0 radical (unpaired) electrons. The van der Waals surface area contributed by atoms with Gasteiger partial charge in [-0.25, -0.2) is 4.99 Å². The predicted octanol–water partition coefficient (Wildman–Crippen LogP) is 5.35. The molecule has 0 saturated carbocycles. The number of benzene rings is 2. The van der Waals surface area contributed by atoms with Crippen molar-refractivity contribution in [2.24, 2.45) is 4.99 Å². The number of halogens is 5. The number of rotatable bonds is 1. The number of allylic oxidation sites excluding steroid dienone is 1. The first kappa shape index (κ1) is 16.7.